The molecule has 1 unspecified atom stereocenters. The van der Waals surface area contributed by atoms with Crippen LogP contribution < -0.4 is 5.32 Å². The van der Waals surface area contributed by atoms with Crippen LogP contribution in [0.3, 0.4) is 0 Å². The number of nitrogens with one attached hydrogen (secondary N) is 1. The Morgan fingerprint density at radius 3 is 2.50 bits per heavy atom. The van der Waals surface area contributed by atoms with E-state index < -0.39 is 0 Å². The fourth-order valence-electron chi connectivity index (χ4n) is 1.98. The first-order chi connectivity index (χ1) is 7.59. The second-order valence-corrected chi connectivity index (χ2v) is 4.90. The van der Waals surface area contributed by atoms with E-state index in [1.54, 1.807) is 0 Å². The van der Waals surface area contributed by atoms with Gasteiger partial charge in [0.25, 0.3) is 0 Å². The molecule has 1 heterocycles. The van der Waals surface area contributed by atoms with Crippen LogP contribution in [-0.4, -0.2) is 49.7 Å². The lowest BCUT2D eigenvalue weighted by atomic mass is 10.1. The van der Waals surface area contributed by atoms with Crippen LogP contribution in [0.1, 0.15) is 27.2 Å². The van der Waals surface area contributed by atoms with Gasteiger partial charge in [0.15, 0.2) is 0 Å². The quantitative estimate of drug-likeness (QED) is 0.759. The normalized spacial score (nSPS) is 18.9. The van der Waals surface area contributed by atoms with Gasteiger partial charge in [-0.3, -0.25) is 4.79 Å². The van der Waals surface area contributed by atoms with Crippen LogP contribution >= 0.6 is 0 Å². The first kappa shape index (κ1) is 13.5. The molecular weight excluding hydrogens is 204 g/mol. The van der Waals surface area contributed by atoms with Gasteiger partial charge in [-0.1, -0.05) is 13.8 Å². The maximum absolute atomic E-state index is 11.8. The predicted octanol–water partition coefficient (Wildman–Crippen LogP) is 0.869. The van der Waals surface area contributed by atoms with Crippen LogP contribution in [-0.2, 0) is 9.53 Å². The lowest BCUT2D eigenvalue weighted by Crippen LogP contribution is -2.46. The van der Waals surface area contributed by atoms with E-state index in [2.05, 4.69) is 26.1 Å². The topological polar surface area (TPSA) is 41.6 Å². The fourth-order valence-corrected chi connectivity index (χ4v) is 1.98. The van der Waals surface area contributed by atoms with Crippen molar-refractivity contribution < 1.29 is 9.53 Å². The zero-order valence-electron chi connectivity index (χ0n) is 10.7. The monoisotopic (exact) mass is 228 g/mol. The highest BCUT2D eigenvalue weighted by atomic mass is 16.5. The van der Waals surface area contributed by atoms with Crippen molar-refractivity contribution in [1.82, 2.24) is 10.2 Å². The number of ether oxygens (including phenoxy) is 1. The van der Waals surface area contributed by atoms with E-state index in [9.17, 15) is 4.79 Å². The summed E-state index contributed by atoms with van der Waals surface area (Å²) in [5, 5.41) is 3.28. The van der Waals surface area contributed by atoms with Crippen LogP contribution in [0.5, 0.6) is 0 Å². The Labute approximate surface area is 98.3 Å². The molecular formula is C12H24N2O2. The molecule has 4 heteroatoms. The summed E-state index contributed by atoms with van der Waals surface area (Å²) in [4.78, 5) is 13.7. The van der Waals surface area contributed by atoms with Crippen molar-refractivity contribution in [3.8, 4) is 0 Å². The summed E-state index contributed by atoms with van der Waals surface area (Å²) < 4.78 is 5.21. The van der Waals surface area contributed by atoms with E-state index >= 15 is 0 Å². The molecule has 0 saturated carbocycles. The van der Waals surface area contributed by atoms with E-state index in [0.29, 0.717) is 31.7 Å². The molecule has 94 valence electrons. The average Bonchev–Trinajstić information content (AvgIpc) is 2.26. The summed E-state index contributed by atoms with van der Waals surface area (Å²) in [6, 6.07) is 0.407. The molecule has 1 aliphatic heterocycles. The molecule has 0 spiro atoms. The van der Waals surface area contributed by atoms with Gasteiger partial charge in [-0.25, -0.2) is 0 Å². The highest BCUT2D eigenvalue weighted by Gasteiger charge is 2.17. The molecule has 1 aliphatic rings. The molecule has 1 saturated heterocycles. The summed E-state index contributed by atoms with van der Waals surface area (Å²) in [6.07, 6.45) is 1.11. The van der Waals surface area contributed by atoms with E-state index in [0.717, 1.165) is 19.5 Å². The second-order valence-electron chi connectivity index (χ2n) is 4.90. The SMILES string of the molecule is CC(C)CC(C)NCC(=O)N1CCOCC1. The van der Waals surface area contributed by atoms with Gasteiger partial charge in [0.1, 0.15) is 0 Å². The van der Waals surface area contributed by atoms with Crippen molar-refractivity contribution in [3.05, 3.63) is 0 Å². The number of morpholine rings is 1. The van der Waals surface area contributed by atoms with Crippen molar-refractivity contribution in [2.45, 2.75) is 33.2 Å². The Morgan fingerprint density at radius 1 is 1.31 bits per heavy atom. The maximum atomic E-state index is 11.8. The molecule has 0 aliphatic carbocycles. The van der Waals surface area contributed by atoms with Gasteiger partial charge < -0.3 is 15.0 Å². The predicted molar refractivity (Wildman–Crippen MR) is 64.3 cm³/mol. The minimum atomic E-state index is 0.193. The zero-order chi connectivity index (χ0) is 12.0. The number of amides is 1. The molecule has 0 radical (unpaired) electrons. The second kappa shape index (κ2) is 6.86. The van der Waals surface area contributed by atoms with Crippen LogP contribution in [0.2, 0.25) is 0 Å². The van der Waals surface area contributed by atoms with Crippen LogP contribution in [0.15, 0.2) is 0 Å². The molecule has 0 aromatic heterocycles. The third-order valence-corrected chi connectivity index (χ3v) is 2.79. The Morgan fingerprint density at radius 2 is 1.94 bits per heavy atom. The minimum Gasteiger partial charge on any atom is -0.378 e. The summed E-state index contributed by atoms with van der Waals surface area (Å²) in [5.41, 5.74) is 0. The van der Waals surface area contributed by atoms with E-state index in [1.807, 2.05) is 4.90 Å². The summed E-state index contributed by atoms with van der Waals surface area (Å²) in [5.74, 6) is 0.861. The number of hydrogen-bond donors (Lipinski definition) is 1. The average molecular weight is 228 g/mol. The first-order valence-electron chi connectivity index (χ1n) is 6.18. The number of hydrogen-bond acceptors (Lipinski definition) is 3. The van der Waals surface area contributed by atoms with E-state index in [-0.39, 0.29) is 5.91 Å². The molecule has 0 aromatic rings. The van der Waals surface area contributed by atoms with Gasteiger partial charge in [-0.2, -0.15) is 0 Å². The summed E-state index contributed by atoms with van der Waals surface area (Å²) in [7, 11) is 0. The standard InChI is InChI=1S/C12H24N2O2/c1-10(2)8-11(3)13-9-12(15)14-4-6-16-7-5-14/h10-11,13H,4-9H2,1-3H3. The molecule has 1 N–H and O–H groups in total. The summed E-state index contributed by atoms with van der Waals surface area (Å²) in [6.45, 7) is 9.79. The van der Waals surface area contributed by atoms with Crippen LogP contribution in [0.4, 0.5) is 0 Å². The van der Waals surface area contributed by atoms with Crippen molar-refractivity contribution in [1.29, 1.82) is 0 Å². The third-order valence-electron chi connectivity index (χ3n) is 2.79. The van der Waals surface area contributed by atoms with Crippen molar-refractivity contribution in [2.24, 2.45) is 5.92 Å². The lowest BCUT2D eigenvalue weighted by Gasteiger charge is -2.27. The molecule has 1 atom stereocenters. The highest BCUT2D eigenvalue weighted by molar-refractivity contribution is 5.78. The van der Waals surface area contributed by atoms with Crippen molar-refractivity contribution >= 4 is 5.91 Å². The van der Waals surface area contributed by atoms with Gasteiger partial charge >= 0.3 is 0 Å². The van der Waals surface area contributed by atoms with Gasteiger partial charge in [0.2, 0.25) is 5.91 Å². The number of carbonyl (C=O) groups excluding carboxylic acids is 1. The Kier molecular flexibility index (Phi) is 5.77. The number of nitrogens with zero attached hydrogens (tertiary/aromatic N) is 1. The lowest BCUT2D eigenvalue weighted by molar-refractivity contribution is -0.134. The van der Waals surface area contributed by atoms with E-state index in [1.165, 1.54) is 0 Å². The van der Waals surface area contributed by atoms with Crippen molar-refractivity contribution in [3.63, 3.8) is 0 Å². The highest BCUT2D eigenvalue weighted by Crippen LogP contribution is 2.03. The molecule has 1 rings (SSSR count). The zero-order valence-corrected chi connectivity index (χ0v) is 10.7. The largest absolute Gasteiger partial charge is 0.378 e. The smallest absolute Gasteiger partial charge is 0.236 e. The van der Waals surface area contributed by atoms with Crippen LogP contribution in [0, 0.1) is 5.92 Å². The molecule has 0 aromatic carbocycles. The van der Waals surface area contributed by atoms with Gasteiger partial charge in [0.05, 0.1) is 19.8 Å². The van der Waals surface area contributed by atoms with E-state index in [4.69, 9.17) is 4.74 Å². The number of rotatable bonds is 5. The molecule has 16 heavy (non-hydrogen) atoms. The molecule has 1 fully saturated rings. The van der Waals surface area contributed by atoms with Crippen LogP contribution in [0.25, 0.3) is 0 Å². The van der Waals surface area contributed by atoms with Gasteiger partial charge in [-0.15, -0.1) is 0 Å². The fraction of sp³-hybridized carbons (Fsp3) is 0.917. The maximum Gasteiger partial charge on any atom is 0.236 e. The van der Waals surface area contributed by atoms with Gasteiger partial charge in [0, 0.05) is 19.1 Å². The molecule has 4 nitrogen and oxygen atoms in total. The molecule has 0 bridgehead atoms. The van der Waals surface area contributed by atoms with Gasteiger partial charge in [-0.05, 0) is 19.3 Å². The Bertz CT molecular complexity index is 213. The number of carbonyl (C=O) groups is 1. The first-order valence-corrected chi connectivity index (χ1v) is 6.18. The molecule has 1 amide bonds. The minimum absolute atomic E-state index is 0.193. The summed E-state index contributed by atoms with van der Waals surface area (Å²) >= 11 is 0. The Hall–Kier alpha value is -0.610. The van der Waals surface area contributed by atoms with Crippen molar-refractivity contribution in [2.75, 3.05) is 32.8 Å². The Balaban J connectivity index is 2.18. The third kappa shape index (κ3) is 4.94.